The van der Waals surface area contributed by atoms with Gasteiger partial charge in [0.15, 0.2) is 0 Å². The lowest BCUT2D eigenvalue weighted by molar-refractivity contribution is 0.393. The summed E-state index contributed by atoms with van der Waals surface area (Å²) < 4.78 is 5.31. The smallest absolute Gasteiger partial charge is 0.122 e. The molecular weight excluding hydrogens is 222 g/mol. The van der Waals surface area contributed by atoms with Gasteiger partial charge in [0, 0.05) is 6.54 Å². The molecule has 3 heteroatoms. The standard InChI is InChI=1S/C13H20ClNO/c1-4-12-9-11(5-6-13(12)16-3)7-8-15(2)10-14/h5-6,9H,4,7-8,10H2,1-3H3. The maximum Gasteiger partial charge on any atom is 0.122 e. The highest BCUT2D eigenvalue weighted by atomic mass is 35.5. The third-order valence-electron chi connectivity index (χ3n) is 2.71. The third kappa shape index (κ3) is 3.69. The lowest BCUT2D eigenvalue weighted by Crippen LogP contribution is -2.19. The van der Waals surface area contributed by atoms with Crippen LogP contribution < -0.4 is 4.74 Å². The van der Waals surface area contributed by atoms with Gasteiger partial charge in [-0.2, -0.15) is 0 Å². The highest BCUT2D eigenvalue weighted by Crippen LogP contribution is 2.20. The molecule has 1 aromatic carbocycles. The van der Waals surface area contributed by atoms with Gasteiger partial charge in [0.2, 0.25) is 0 Å². The van der Waals surface area contributed by atoms with Gasteiger partial charge in [-0.1, -0.05) is 19.1 Å². The molecular formula is C13H20ClNO. The van der Waals surface area contributed by atoms with Crippen molar-refractivity contribution in [2.75, 3.05) is 26.7 Å². The molecule has 0 saturated heterocycles. The zero-order valence-corrected chi connectivity index (χ0v) is 11.0. The number of rotatable bonds is 6. The Morgan fingerprint density at radius 3 is 2.69 bits per heavy atom. The SMILES string of the molecule is CCc1cc(CCN(C)CCl)ccc1OC. The fraction of sp³-hybridized carbons (Fsp3) is 0.538. The molecule has 0 amide bonds. The summed E-state index contributed by atoms with van der Waals surface area (Å²) in [5.74, 6) is 0.983. The molecule has 90 valence electrons. The van der Waals surface area contributed by atoms with Crippen molar-refractivity contribution < 1.29 is 4.74 Å². The number of likely N-dealkylation sites (N-methyl/N-ethyl adjacent to an activating group) is 1. The Balaban J connectivity index is 2.67. The van der Waals surface area contributed by atoms with E-state index in [2.05, 4.69) is 30.0 Å². The van der Waals surface area contributed by atoms with Crippen molar-refractivity contribution in [3.63, 3.8) is 0 Å². The number of benzene rings is 1. The minimum absolute atomic E-state index is 0.580. The van der Waals surface area contributed by atoms with E-state index in [9.17, 15) is 0 Å². The molecule has 0 aliphatic heterocycles. The molecule has 1 aromatic rings. The van der Waals surface area contributed by atoms with Crippen LogP contribution in [0.2, 0.25) is 0 Å². The van der Waals surface area contributed by atoms with Crippen LogP contribution in [0.4, 0.5) is 0 Å². The van der Waals surface area contributed by atoms with E-state index in [0.29, 0.717) is 6.00 Å². The van der Waals surface area contributed by atoms with Gasteiger partial charge in [-0.15, -0.1) is 11.6 Å². The molecule has 1 rings (SSSR count). The van der Waals surface area contributed by atoms with E-state index in [1.54, 1.807) is 7.11 Å². The molecule has 0 atom stereocenters. The first-order chi connectivity index (χ1) is 7.71. The van der Waals surface area contributed by atoms with Crippen LogP contribution in [0.3, 0.4) is 0 Å². The fourth-order valence-corrected chi connectivity index (χ4v) is 1.76. The Bertz CT molecular complexity index is 328. The first-order valence-electron chi connectivity index (χ1n) is 5.61. The maximum atomic E-state index is 5.73. The molecule has 16 heavy (non-hydrogen) atoms. The van der Waals surface area contributed by atoms with E-state index < -0.39 is 0 Å². The number of methoxy groups -OCH3 is 1. The van der Waals surface area contributed by atoms with Crippen LogP contribution in [-0.4, -0.2) is 31.6 Å². The molecule has 0 aliphatic carbocycles. The van der Waals surface area contributed by atoms with Crippen LogP contribution in [0.5, 0.6) is 5.75 Å². The van der Waals surface area contributed by atoms with E-state index in [0.717, 1.165) is 25.1 Å². The first-order valence-corrected chi connectivity index (χ1v) is 6.15. The van der Waals surface area contributed by atoms with Crippen LogP contribution in [0.25, 0.3) is 0 Å². The zero-order chi connectivity index (χ0) is 12.0. The van der Waals surface area contributed by atoms with Crippen LogP contribution >= 0.6 is 11.6 Å². The zero-order valence-electron chi connectivity index (χ0n) is 10.3. The van der Waals surface area contributed by atoms with Gasteiger partial charge in [0.1, 0.15) is 5.75 Å². The molecule has 0 radical (unpaired) electrons. The summed E-state index contributed by atoms with van der Waals surface area (Å²) in [5, 5.41) is 0. The van der Waals surface area contributed by atoms with E-state index in [1.807, 2.05) is 7.05 Å². The number of ether oxygens (including phenoxy) is 1. The van der Waals surface area contributed by atoms with Gasteiger partial charge in [0.05, 0.1) is 13.1 Å². The summed E-state index contributed by atoms with van der Waals surface area (Å²) in [6.45, 7) is 3.13. The van der Waals surface area contributed by atoms with Crippen LogP contribution in [0.1, 0.15) is 18.1 Å². The summed E-state index contributed by atoms with van der Waals surface area (Å²) in [4.78, 5) is 2.09. The Labute approximate surface area is 103 Å². The Morgan fingerprint density at radius 2 is 2.12 bits per heavy atom. The van der Waals surface area contributed by atoms with Gasteiger partial charge in [-0.3, -0.25) is 4.90 Å². The average molecular weight is 242 g/mol. The molecule has 0 fully saturated rings. The number of alkyl halides is 1. The molecule has 0 N–H and O–H groups in total. The molecule has 0 aliphatic rings. The number of nitrogens with zero attached hydrogens (tertiary/aromatic N) is 1. The fourth-order valence-electron chi connectivity index (χ4n) is 1.64. The maximum absolute atomic E-state index is 5.73. The monoisotopic (exact) mass is 241 g/mol. The van der Waals surface area contributed by atoms with Gasteiger partial charge >= 0.3 is 0 Å². The Hall–Kier alpha value is -0.730. The second-order valence-corrected chi connectivity index (χ2v) is 4.19. The lowest BCUT2D eigenvalue weighted by Gasteiger charge is -2.13. The van der Waals surface area contributed by atoms with Gasteiger partial charge in [-0.25, -0.2) is 0 Å². The van der Waals surface area contributed by atoms with Crippen LogP contribution in [0, 0.1) is 0 Å². The minimum Gasteiger partial charge on any atom is -0.496 e. The molecule has 0 heterocycles. The molecule has 0 bridgehead atoms. The van der Waals surface area contributed by atoms with Crippen molar-refractivity contribution in [2.24, 2.45) is 0 Å². The predicted octanol–water partition coefficient (Wildman–Crippen LogP) is 2.93. The summed E-state index contributed by atoms with van der Waals surface area (Å²) in [7, 11) is 3.74. The number of hydrogen-bond acceptors (Lipinski definition) is 2. The Morgan fingerprint density at radius 1 is 1.38 bits per heavy atom. The van der Waals surface area contributed by atoms with Gasteiger partial charge < -0.3 is 4.74 Å². The number of hydrogen-bond donors (Lipinski definition) is 0. The van der Waals surface area contributed by atoms with E-state index in [4.69, 9.17) is 16.3 Å². The van der Waals surface area contributed by atoms with Crippen molar-refractivity contribution in [3.8, 4) is 5.75 Å². The molecule has 0 saturated carbocycles. The van der Waals surface area contributed by atoms with E-state index in [1.165, 1.54) is 11.1 Å². The number of halogens is 1. The van der Waals surface area contributed by atoms with Crippen molar-refractivity contribution >= 4 is 11.6 Å². The molecule has 0 spiro atoms. The normalized spacial score (nSPS) is 10.8. The molecule has 0 unspecified atom stereocenters. The Kier molecular flexibility index (Phi) is 5.64. The average Bonchev–Trinajstić information content (AvgIpc) is 2.35. The van der Waals surface area contributed by atoms with Crippen LogP contribution in [-0.2, 0) is 12.8 Å². The van der Waals surface area contributed by atoms with Crippen molar-refractivity contribution in [3.05, 3.63) is 29.3 Å². The van der Waals surface area contributed by atoms with Gasteiger partial charge in [0.25, 0.3) is 0 Å². The van der Waals surface area contributed by atoms with Gasteiger partial charge in [-0.05, 0) is 37.1 Å². The highest BCUT2D eigenvalue weighted by molar-refractivity contribution is 6.17. The van der Waals surface area contributed by atoms with Crippen molar-refractivity contribution in [1.29, 1.82) is 0 Å². The van der Waals surface area contributed by atoms with Crippen molar-refractivity contribution in [2.45, 2.75) is 19.8 Å². The summed E-state index contributed by atoms with van der Waals surface area (Å²) in [5.41, 5.74) is 2.61. The number of aryl methyl sites for hydroxylation is 1. The summed E-state index contributed by atoms with van der Waals surface area (Å²) in [6, 6.07) is 6.98. The third-order valence-corrected chi connectivity index (χ3v) is 3.12. The lowest BCUT2D eigenvalue weighted by atomic mass is 10.1. The van der Waals surface area contributed by atoms with Crippen LogP contribution in [0.15, 0.2) is 18.2 Å². The largest absolute Gasteiger partial charge is 0.496 e. The van der Waals surface area contributed by atoms with E-state index >= 15 is 0 Å². The molecule has 2 nitrogen and oxygen atoms in total. The molecule has 0 aromatic heterocycles. The first kappa shape index (κ1) is 13.3. The van der Waals surface area contributed by atoms with E-state index in [-0.39, 0.29) is 0 Å². The second-order valence-electron chi connectivity index (χ2n) is 3.95. The highest BCUT2D eigenvalue weighted by Gasteiger charge is 2.03. The predicted molar refractivity (Wildman–Crippen MR) is 69.4 cm³/mol. The second kappa shape index (κ2) is 6.77. The minimum atomic E-state index is 0.580. The summed E-state index contributed by atoms with van der Waals surface area (Å²) >= 11 is 5.73. The summed E-state index contributed by atoms with van der Waals surface area (Å²) in [6.07, 6.45) is 2.03. The topological polar surface area (TPSA) is 12.5 Å². The quantitative estimate of drug-likeness (QED) is 0.561. The van der Waals surface area contributed by atoms with Crippen molar-refractivity contribution in [1.82, 2.24) is 4.90 Å².